The number of rotatable bonds is 2. The Morgan fingerprint density at radius 1 is 1.36 bits per heavy atom. The summed E-state index contributed by atoms with van der Waals surface area (Å²) in [4.78, 5) is 9.22. The molecule has 78 valence electrons. The molecule has 4 nitrogen and oxygen atoms in total. The molecular weight excluding hydrogens is 178 g/mol. The van der Waals surface area contributed by atoms with Crippen LogP contribution in [0, 0.1) is 0 Å². The lowest BCUT2D eigenvalue weighted by Crippen LogP contribution is -2.01. The van der Waals surface area contributed by atoms with Gasteiger partial charge in [-0.3, -0.25) is 4.79 Å². The summed E-state index contributed by atoms with van der Waals surface area (Å²) in [6, 6.07) is 7.72. The molecule has 0 spiro atoms. The maximum atomic E-state index is 9.22. The highest BCUT2D eigenvalue weighted by molar-refractivity contribution is 5.70. The fourth-order valence-electron chi connectivity index (χ4n) is 0.805. The number of nitrogen functional groups attached to an aromatic ring is 1. The topological polar surface area (TPSA) is 81.1 Å². The summed E-state index contributed by atoms with van der Waals surface area (Å²) in [5.41, 5.74) is 11.9. The minimum absolute atomic E-state index is 0.333. The number of carbonyl (C=O) groups excluding carboxylic acids is 1. The molecule has 1 rings (SSSR count). The quantitative estimate of drug-likeness (QED) is 0.620. The molecule has 14 heavy (non-hydrogen) atoms. The summed E-state index contributed by atoms with van der Waals surface area (Å²) in [5.74, 6) is -0.333. The Kier molecular flexibility index (Phi) is 5.94. The van der Waals surface area contributed by atoms with Crippen LogP contribution < -0.4 is 16.8 Å². The molecule has 0 atom stereocenters. The molecule has 0 aliphatic carbocycles. The number of carbonyl (C=O) groups is 1. The Morgan fingerprint density at radius 3 is 2.14 bits per heavy atom. The van der Waals surface area contributed by atoms with Crippen molar-refractivity contribution >= 4 is 17.3 Å². The highest BCUT2D eigenvalue weighted by atomic mass is 16.1. The van der Waals surface area contributed by atoms with Crippen LogP contribution in [0.5, 0.6) is 0 Å². The minimum atomic E-state index is -0.333. The van der Waals surface area contributed by atoms with E-state index in [9.17, 15) is 4.79 Å². The van der Waals surface area contributed by atoms with Gasteiger partial charge in [-0.15, -0.1) is 0 Å². The highest BCUT2D eigenvalue weighted by Crippen LogP contribution is 2.09. The van der Waals surface area contributed by atoms with E-state index in [0.717, 1.165) is 17.9 Å². The molecular formula is C10H17N3O. The van der Waals surface area contributed by atoms with E-state index in [2.05, 4.69) is 18.0 Å². The minimum Gasteiger partial charge on any atom is -0.399 e. The van der Waals surface area contributed by atoms with Crippen molar-refractivity contribution < 1.29 is 4.79 Å². The van der Waals surface area contributed by atoms with Crippen molar-refractivity contribution in [3.05, 3.63) is 24.3 Å². The van der Waals surface area contributed by atoms with Crippen molar-refractivity contribution in [3.63, 3.8) is 0 Å². The smallest absolute Gasteiger partial charge is 0.214 e. The molecule has 1 amide bonds. The number of nitrogens with one attached hydrogen (secondary N) is 1. The van der Waals surface area contributed by atoms with E-state index >= 15 is 0 Å². The molecule has 0 fully saturated rings. The second-order valence-electron chi connectivity index (χ2n) is 2.76. The SMILES string of the molecule is CC(N)=O.CCNc1ccc(N)cc1. The Bertz CT molecular complexity index is 265. The van der Waals surface area contributed by atoms with Gasteiger partial charge in [0.25, 0.3) is 0 Å². The summed E-state index contributed by atoms with van der Waals surface area (Å²) in [6.45, 7) is 4.32. The Morgan fingerprint density at radius 2 is 1.79 bits per heavy atom. The van der Waals surface area contributed by atoms with E-state index in [1.807, 2.05) is 24.3 Å². The van der Waals surface area contributed by atoms with Gasteiger partial charge in [0.05, 0.1) is 0 Å². The van der Waals surface area contributed by atoms with E-state index in [0.29, 0.717) is 0 Å². The van der Waals surface area contributed by atoms with Crippen LogP contribution >= 0.6 is 0 Å². The van der Waals surface area contributed by atoms with Crippen LogP contribution in [-0.4, -0.2) is 12.5 Å². The second kappa shape index (κ2) is 6.77. The lowest BCUT2D eigenvalue weighted by Gasteiger charge is -2.01. The number of nitrogens with two attached hydrogens (primary N) is 2. The van der Waals surface area contributed by atoms with Gasteiger partial charge in [-0.1, -0.05) is 0 Å². The van der Waals surface area contributed by atoms with Crippen LogP contribution in [0.2, 0.25) is 0 Å². The lowest BCUT2D eigenvalue weighted by atomic mass is 10.3. The lowest BCUT2D eigenvalue weighted by molar-refractivity contribution is -0.115. The maximum Gasteiger partial charge on any atom is 0.214 e. The summed E-state index contributed by atoms with van der Waals surface area (Å²) in [6.07, 6.45) is 0. The third-order valence-electron chi connectivity index (χ3n) is 1.29. The van der Waals surface area contributed by atoms with Gasteiger partial charge in [-0.2, -0.15) is 0 Å². The molecule has 4 heteroatoms. The van der Waals surface area contributed by atoms with Crippen molar-refractivity contribution in [1.82, 2.24) is 0 Å². The first-order valence-electron chi connectivity index (χ1n) is 4.41. The van der Waals surface area contributed by atoms with E-state index < -0.39 is 0 Å². The molecule has 5 N–H and O–H groups in total. The molecule has 1 aromatic carbocycles. The van der Waals surface area contributed by atoms with Crippen LogP contribution in [0.25, 0.3) is 0 Å². The molecule has 0 unspecified atom stereocenters. The number of benzene rings is 1. The van der Waals surface area contributed by atoms with Crippen molar-refractivity contribution in [2.75, 3.05) is 17.6 Å². The first-order chi connectivity index (χ1) is 6.56. The van der Waals surface area contributed by atoms with Crippen LogP contribution in [0.1, 0.15) is 13.8 Å². The predicted octanol–water partition coefficient (Wildman–Crippen LogP) is 1.19. The first kappa shape index (κ1) is 12.3. The van der Waals surface area contributed by atoms with Gasteiger partial charge in [0.15, 0.2) is 0 Å². The van der Waals surface area contributed by atoms with Crippen LogP contribution in [0.15, 0.2) is 24.3 Å². The van der Waals surface area contributed by atoms with Gasteiger partial charge in [0.1, 0.15) is 0 Å². The van der Waals surface area contributed by atoms with E-state index in [1.54, 1.807) is 0 Å². The Labute approximate surface area is 84.3 Å². The summed E-state index contributed by atoms with van der Waals surface area (Å²) >= 11 is 0. The average molecular weight is 195 g/mol. The molecule has 0 aliphatic rings. The molecule has 0 heterocycles. The largest absolute Gasteiger partial charge is 0.399 e. The zero-order chi connectivity index (χ0) is 11.0. The van der Waals surface area contributed by atoms with Gasteiger partial charge < -0.3 is 16.8 Å². The van der Waals surface area contributed by atoms with Crippen molar-refractivity contribution in [1.29, 1.82) is 0 Å². The van der Waals surface area contributed by atoms with Crippen molar-refractivity contribution in [3.8, 4) is 0 Å². The van der Waals surface area contributed by atoms with Gasteiger partial charge in [0, 0.05) is 24.8 Å². The molecule has 0 aromatic heterocycles. The third-order valence-corrected chi connectivity index (χ3v) is 1.29. The molecule has 0 radical (unpaired) electrons. The maximum absolute atomic E-state index is 9.22. The number of hydrogen-bond acceptors (Lipinski definition) is 3. The molecule has 1 aromatic rings. The standard InChI is InChI=1S/C8H12N2.C2H5NO/c1-2-10-8-5-3-7(9)4-6-8;1-2(3)4/h3-6,10H,2,9H2,1H3;1H3,(H2,3,4). The van der Waals surface area contributed by atoms with E-state index in [4.69, 9.17) is 5.73 Å². The monoisotopic (exact) mass is 195 g/mol. The van der Waals surface area contributed by atoms with Crippen molar-refractivity contribution in [2.24, 2.45) is 5.73 Å². The summed E-state index contributed by atoms with van der Waals surface area (Å²) < 4.78 is 0. The van der Waals surface area contributed by atoms with Gasteiger partial charge in [0.2, 0.25) is 5.91 Å². The summed E-state index contributed by atoms with van der Waals surface area (Å²) in [5, 5.41) is 3.18. The van der Waals surface area contributed by atoms with Gasteiger partial charge in [-0.05, 0) is 31.2 Å². The highest BCUT2D eigenvalue weighted by Gasteiger charge is 1.86. The fourth-order valence-corrected chi connectivity index (χ4v) is 0.805. The van der Waals surface area contributed by atoms with E-state index in [-0.39, 0.29) is 5.91 Å². The summed E-state index contributed by atoms with van der Waals surface area (Å²) in [7, 11) is 0. The zero-order valence-electron chi connectivity index (χ0n) is 8.58. The first-order valence-corrected chi connectivity index (χ1v) is 4.41. The fraction of sp³-hybridized carbons (Fsp3) is 0.300. The Hall–Kier alpha value is -1.71. The Balaban J connectivity index is 0.000000364. The second-order valence-corrected chi connectivity index (χ2v) is 2.76. The van der Waals surface area contributed by atoms with Crippen molar-refractivity contribution in [2.45, 2.75) is 13.8 Å². The van der Waals surface area contributed by atoms with Gasteiger partial charge in [-0.25, -0.2) is 0 Å². The number of primary amides is 1. The number of amides is 1. The zero-order valence-corrected chi connectivity index (χ0v) is 8.58. The van der Waals surface area contributed by atoms with Crippen LogP contribution in [0.4, 0.5) is 11.4 Å². The molecule has 0 saturated heterocycles. The molecule has 0 aliphatic heterocycles. The average Bonchev–Trinajstić information content (AvgIpc) is 2.08. The third kappa shape index (κ3) is 6.97. The predicted molar refractivity (Wildman–Crippen MR) is 59.9 cm³/mol. The number of hydrogen-bond donors (Lipinski definition) is 3. The van der Waals surface area contributed by atoms with Crippen LogP contribution in [0.3, 0.4) is 0 Å². The normalized spacial score (nSPS) is 8.43. The van der Waals surface area contributed by atoms with E-state index in [1.165, 1.54) is 6.92 Å². The number of anilines is 2. The van der Waals surface area contributed by atoms with Gasteiger partial charge >= 0.3 is 0 Å². The van der Waals surface area contributed by atoms with Crippen LogP contribution in [-0.2, 0) is 4.79 Å². The molecule has 0 bridgehead atoms. The molecule has 0 saturated carbocycles.